The molecule has 0 unspecified atom stereocenters. The molecule has 5 aromatic rings. The molecule has 3 aromatic heterocycles. The number of H-pyrrole nitrogens is 1. The number of nitrogens with zero attached hydrogens (tertiary/aromatic N) is 3. The highest BCUT2D eigenvalue weighted by Crippen LogP contribution is 2.30. The van der Waals surface area contributed by atoms with Crippen LogP contribution < -0.4 is 10.9 Å². The zero-order valence-electron chi connectivity index (χ0n) is 21.4. The van der Waals surface area contributed by atoms with Crippen LogP contribution in [-0.4, -0.2) is 25.4 Å². The number of halogens is 3. The summed E-state index contributed by atoms with van der Waals surface area (Å²) in [5.41, 5.74) is 2.44. The van der Waals surface area contributed by atoms with Gasteiger partial charge in [-0.2, -0.15) is 13.2 Å². The number of nitrogens with one attached hydrogen (secondary N) is 2. The van der Waals surface area contributed by atoms with E-state index in [9.17, 15) is 22.8 Å². The van der Waals surface area contributed by atoms with Crippen LogP contribution in [0.2, 0.25) is 0 Å². The van der Waals surface area contributed by atoms with Gasteiger partial charge in [0.25, 0.3) is 5.56 Å². The Bertz CT molecular complexity index is 1640. The van der Waals surface area contributed by atoms with E-state index in [0.29, 0.717) is 24.1 Å². The first-order valence-corrected chi connectivity index (χ1v) is 12.8. The average molecular weight is 546 g/mol. The van der Waals surface area contributed by atoms with Gasteiger partial charge >= 0.3 is 6.18 Å². The molecule has 7 nitrogen and oxygen atoms in total. The maximum atomic E-state index is 13.5. The normalized spacial score (nSPS) is 11.6. The Morgan fingerprint density at radius 2 is 1.75 bits per heavy atom. The number of pyridine rings is 1. The zero-order valence-corrected chi connectivity index (χ0v) is 21.4. The quantitative estimate of drug-likeness (QED) is 0.263. The van der Waals surface area contributed by atoms with Gasteiger partial charge in [0, 0.05) is 29.0 Å². The summed E-state index contributed by atoms with van der Waals surface area (Å²) < 4.78 is 40.6. The number of alkyl halides is 3. The molecule has 0 aliphatic carbocycles. The lowest BCUT2D eigenvalue weighted by atomic mass is 10.1. The molecule has 40 heavy (non-hydrogen) atoms. The van der Waals surface area contributed by atoms with Gasteiger partial charge in [-0.25, -0.2) is 0 Å². The van der Waals surface area contributed by atoms with Gasteiger partial charge in [-0.15, -0.1) is 0 Å². The molecule has 0 spiro atoms. The summed E-state index contributed by atoms with van der Waals surface area (Å²) in [5, 5.41) is 3.71. The fourth-order valence-electron chi connectivity index (χ4n) is 4.54. The number of carbonyl (C=O) groups excluding carboxylic acids is 1. The summed E-state index contributed by atoms with van der Waals surface area (Å²) in [6, 6.07) is 18.0. The van der Waals surface area contributed by atoms with Crippen LogP contribution in [-0.2, 0) is 36.9 Å². The topological polar surface area (TPSA) is 92.7 Å². The van der Waals surface area contributed by atoms with Crippen LogP contribution in [0.1, 0.15) is 28.9 Å². The van der Waals surface area contributed by atoms with Crippen molar-refractivity contribution in [2.75, 3.05) is 0 Å². The molecule has 1 amide bonds. The number of carbonyl (C=O) groups is 1. The number of aromatic amines is 1. The number of fused-ring (bicyclic) bond motifs is 1. The largest absolute Gasteiger partial charge is 0.416 e. The monoisotopic (exact) mass is 545 g/mol. The summed E-state index contributed by atoms with van der Waals surface area (Å²) in [6.45, 7) is -0.113. The molecular weight excluding hydrogens is 519 g/mol. The van der Waals surface area contributed by atoms with E-state index in [1.807, 2.05) is 42.5 Å². The molecule has 3 heterocycles. The molecule has 0 radical (unpaired) electrons. The highest BCUT2D eigenvalue weighted by molar-refractivity contribution is 5.80. The molecule has 0 aliphatic rings. The second-order valence-corrected chi connectivity index (χ2v) is 9.43. The van der Waals surface area contributed by atoms with Crippen molar-refractivity contribution < 1.29 is 18.0 Å². The van der Waals surface area contributed by atoms with Gasteiger partial charge in [0.1, 0.15) is 12.2 Å². The standard InChI is InChI=1S/C30H26F3N5O2/c31-30(32,33)23-11-9-21(10-12-23)27-18-35-26(8-4-7-20-5-2-1-3-6-20)29(40)38(27)19-28(39)36-17-24-15-22-16-34-14-13-25(22)37-24/h1-3,5-6,9-16,18,37H,4,7-8,17,19H2,(H,36,39). The number of aromatic nitrogens is 4. The Morgan fingerprint density at radius 1 is 0.975 bits per heavy atom. The molecule has 5 rings (SSSR count). The molecule has 10 heteroatoms. The maximum absolute atomic E-state index is 13.5. The van der Waals surface area contributed by atoms with Crippen LogP contribution in [0.4, 0.5) is 13.2 Å². The van der Waals surface area contributed by atoms with Crippen LogP contribution >= 0.6 is 0 Å². The summed E-state index contributed by atoms with van der Waals surface area (Å²) in [5.74, 6) is -0.423. The number of aryl methyl sites for hydroxylation is 2. The third-order valence-corrected chi connectivity index (χ3v) is 6.61. The summed E-state index contributed by atoms with van der Waals surface area (Å²) in [7, 11) is 0. The fraction of sp³-hybridized carbons (Fsp3) is 0.200. The smallest absolute Gasteiger partial charge is 0.357 e. The Hall–Kier alpha value is -4.73. The number of amides is 1. The minimum Gasteiger partial charge on any atom is -0.357 e. The maximum Gasteiger partial charge on any atom is 0.416 e. The molecule has 2 aromatic carbocycles. The molecule has 2 N–H and O–H groups in total. The van der Waals surface area contributed by atoms with E-state index in [1.54, 1.807) is 12.4 Å². The molecule has 0 fully saturated rings. The summed E-state index contributed by atoms with van der Waals surface area (Å²) >= 11 is 0. The van der Waals surface area contributed by atoms with Gasteiger partial charge in [0.2, 0.25) is 5.91 Å². The van der Waals surface area contributed by atoms with Crippen LogP contribution in [0.3, 0.4) is 0 Å². The summed E-state index contributed by atoms with van der Waals surface area (Å²) in [6.07, 6.45) is 2.15. The number of hydrogen-bond acceptors (Lipinski definition) is 4. The number of rotatable bonds is 9. The second-order valence-electron chi connectivity index (χ2n) is 9.43. The molecule has 0 bridgehead atoms. The predicted molar refractivity (Wildman–Crippen MR) is 145 cm³/mol. The van der Waals surface area contributed by atoms with Gasteiger partial charge in [-0.3, -0.25) is 24.1 Å². The minimum atomic E-state index is -4.49. The minimum absolute atomic E-state index is 0.201. The number of benzene rings is 2. The Balaban J connectivity index is 1.37. The average Bonchev–Trinajstić information content (AvgIpc) is 3.37. The van der Waals surface area contributed by atoms with Gasteiger partial charge in [-0.1, -0.05) is 42.5 Å². The third kappa shape index (κ3) is 6.28. The molecule has 0 saturated carbocycles. The van der Waals surface area contributed by atoms with E-state index < -0.39 is 23.2 Å². The molecule has 0 saturated heterocycles. The van der Waals surface area contributed by atoms with Crippen LogP contribution in [0.25, 0.3) is 22.2 Å². The van der Waals surface area contributed by atoms with Gasteiger partial charge < -0.3 is 10.3 Å². The fourth-order valence-corrected chi connectivity index (χ4v) is 4.54. The van der Waals surface area contributed by atoms with Crippen LogP contribution in [0.15, 0.2) is 90.1 Å². The van der Waals surface area contributed by atoms with E-state index in [-0.39, 0.29) is 18.8 Å². The van der Waals surface area contributed by atoms with Crippen molar-refractivity contribution in [2.24, 2.45) is 0 Å². The Morgan fingerprint density at radius 3 is 2.48 bits per heavy atom. The van der Waals surface area contributed by atoms with Gasteiger partial charge in [0.15, 0.2) is 0 Å². The van der Waals surface area contributed by atoms with E-state index in [2.05, 4.69) is 20.3 Å². The molecular formula is C30H26F3N5O2. The first-order chi connectivity index (χ1) is 19.3. The number of hydrogen-bond donors (Lipinski definition) is 2. The summed E-state index contributed by atoms with van der Waals surface area (Å²) in [4.78, 5) is 38.1. The van der Waals surface area contributed by atoms with Crippen molar-refractivity contribution >= 4 is 16.8 Å². The molecule has 0 aliphatic heterocycles. The third-order valence-electron chi connectivity index (χ3n) is 6.61. The zero-order chi connectivity index (χ0) is 28.1. The molecule has 0 atom stereocenters. The van der Waals surface area contributed by atoms with E-state index in [4.69, 9.17) is 0 Å². The van der Waals surface area contributed by atoms with Crippen molar-refractivity contribution in [3.8, 4) is 11.3 Å². The Kier molecular flexibility index (Phi) is 7.77. The lowest BCUT2D eigenvalue weighted by Gasteiger charge is -2.15. The van der Waals surface area contributed by atoms with Crippen LogP contribution in [0.5, 0.6) is 0 Å². The first kappa shape index (κ1) is 26.9. The van der Waals surface area contributed by atoms with Gasteiger partial charge in [0.05, 0.1) is 24.0 Å². The first-order valence-electron chi connectivity index (χ1n) is 12.8. The highest BCUT2D eigenvalue weighted by Gasteiger charge is 2.30. The predicted octanol–water partition coefficient (Wildman–Crippen LogP) is 5.30. The lowest BCUT2D eigenvalue weighted by molar-refractivity contribution is -0.137. The van der Waals surface area contributed by atoms with Crippen molar-refractivity contribution in [3.05, 3.63) is 118 Å². The Labute approximate surface area is 227 Å². The van der Waals surface area contributed by atoms with E-state index >= 15 is 0 Å². The van der Waals surface area contributed by atoms with Crippen molar-refractivity contribution in [1.29, 1.82) is 0 Å². The lowest BCUT2D eigenvalue weighted by Crippen LogP contribution is -2.34. The van der Waals surface area contributed by atoms with E-state index in [1.165, 1.54) is 22.9 Å². The van der Waals surface area contributed by atoms with Crippen LogP contribution in [0, 0.1) is 0 Å². The van der Waals surface area contributed by atoms with E-state index in [0.717, 1.165) is 40.7 Å². The highest BCUT2D eigenvalue weighted by atomic mass is 19.4. The second kappa shape index (κ2) is 11.6. The van der Waals surface area contributed by atoms with Gasteiger partial charge in [-0.05, 0) is 54.7 Å². The SMILES string of the molecule is O=C(Cn1c(-c2ccc(C(F)(F)F)cc2)cnc(CCCc2ccccc2)c1=O)NCc1cc2cnccc2[nH]1. The van der Waals surface area contributed by atoms with Crippen molar-refractivity contribution in [1.82, 2.24) is 24.8 Å². The van der Waals surface area contributed by atoms with Crippen molar-refractivity contribution in [2.45, 2.75) is 38.5 Å². The molecule has 204 valence electrons. The van der Waals surface area contributed by atoms with Crippen molar-refractivity contribution in [3.63, 3.8) is 0 Å².